The third kappa shape index (κ3) is 3.16. The number of hydrogen-bond acceptors (Lipinski definition) is 6. The van der Waals surface area contributed by atoms with Crippen LogP contribution >= 0.6 is 0 Å². The van der Waals surface area contributed by atoms with E-state index in [0.717, 1.165) is 11.0 Å². The Kier molecular flexibility index (Phi) is 4.24. The zero-order chi connectivity index (χ0) is 19.7. The van der Waals surface area contributed by atoms with Gasteiger partial charge in [-0.05, 0) is 24.3 Å². The summed E-state index contributed by atoms with van der Waals surface area (Å²) in [5.74, 6) is -0.925. The van der Waals surface area contributed by atoms with E-state index in [1.165, 1.54) is 12.1 Å². The summed E-state index contributed by atoms with van der Waals surface area (Å²) < 4.78 is 0. The number of H-pyrrole nitrogens is 2. The SMILES string of the molecule is O=C(O)c1c(-c2ccccc2O)nc(NCc2nc3ccccc3[nH]2)[nH]c1=O. The zero-order valence-electron chi connectivity index (χ0n) is 14.4. The van der Waals surface area contributed by atoms with Gasteiger partial charge in [-0.3, -0.25) is 9.78 Å². The van der Waals surface area contributed by atoms with Gasteiger partial charge < -0.3 is 20.5 Å². The number of phenols is 1. The molecule has 0 atom stereocenters. The Balaban J connectivity index is 1.71. The van der Waals surface area contributed by atoms with Crippen LogP contribution in [0.3, 0.4) is 0 Å². The first-order valence-corrected chi connectivity index (χ1v) is 8.36. The highest BCUT2D eigenvalue weighted by molar-refractivity contribution is 5.95. The van der Waals surface area contributed by atoms with Crippen LogP contribution in [0.4, 0.5) is 5.95 Å². The number of imidazole rings is 1. The van der Waals surface area contributed by atoms with E-state index in [1.807, 2.05) is 24.3 Å². The summed E-state index contributed by atoms with van der Waals surface area (Å²) in [5.41, 5.74) is 0.330. The molecule has 0 spiro atoms. The quantitative estimate of drug-likeness (QED) is 0.359. The third-order valence-corrected chi connectivity index (χ3v) is 4.15. The maximum absolute atomic E-state index is 12.3. The monoisotopic (exact) mass is 377 g/mol. The molecule has 4 aromatic rings. The van der Waals surface area contributed by atoms with Crippen molar-refractivity contribution in [3.63, 3.8) is 0 Å². The number of carboxylic acids is 1. The smallest absolute Gasteiger partial charge is 0.343 e. The van der Waals surface area contributed by atoms with E-state index in [-0.39, 0.29) is 29.5 Å². The van der Waals surface area contributed by atoms with Gasteiger partial charge in [-0.15, -0.1) is 0 Å². The van der Waals surface area contributed by atoms with Crippen LogP contribution in [0.25, 0.3) is 22.3 Å². The van der Waals surface area contributed by atoms with Gasteiger partial charge in [-0.25, -0.2) is 14.8 Å². The first kappa shape index (κ1) is 17.3. The standard InChI is InChI=1S/C19H15N5O4/c25-13-8-4-1-5-10(13)16-15(18(27)28)17(26)24-19(23-16)20-9-14-21-11-6-2-3-7-12(11)22-14/h1-8,25H,9H2,(H,21,22)(H,27,28)(H2,20,23,24,26). The van der Waals surface area contributed by atoms with Gasteiger partial charge in [0, 0.05) is 5.56 Å². The number of carboxylic acid groups (broad SMARTS) is 1. The number of fused-ring (bicyclic) bond motifs is 1. The summed E-state index contributed by atoms with van der Waals surface area (Å²) in [6.07, 6.45) is 0. The molecule has 2 aromatic heterocycles. The highest BCUT2D eigenvalue weighted by Crippen LogP contribution is 2.29. The van der Waals surface area contributed by atoms with Crippen LogP contribution in [-0.4, -0.2) is 36.1 Å². The molecule has 9 heteroatoms. The minimum Gasteiger partial charge on any atom is -0.507 e. The number of aromatic amines is 2. The van der Waals surface area contributed by atoms with Crippen molar-refractivity contribution in [2.24, 2.45) is 0 Å². The number of aromatic nitrogens is 4. The normalized spacial score (nSPS) is 10.9. The number of hydrogen-bond donors (Lipinski definition) is 5. The number of aromatic carboxylic acids is 1. The number of nitrogens with one attached hydrogen (secondary N) is 3. The fraction of sp³-hybridized carbons (Fsp3) is 0.0526. The van der Waals surface area contributed by atoms with E-state index in [0.29, 0.717) is 5.82 Å². The van der Waals surface area contributed by atoms with E-state index in [9.17, 15) is 19.8 Å². The average Bonchev–Trinajstić information content (AvgIpc) is 3.09. The second-order valence-electron chi connectivity index (χ2n) is 6.01. The fourth-order valence-corrected chi connectivity index (χ4v) is 2.88. The minimum atomic E-state index is -1.43. The first-order chi connectivity index (χ1) is 13.5. The minimum absolute atomic E-state index is 0.0636. The molecular weight excluding hydrogens is 362 g/mol. The van der Waals surface area contributed by atoms with Crippen molar-refractivity contribution in [1.29, 1.82) is 0 Å². The van der Waals surface area contributed by atoms with Crippen molar-refractivity contribution in [1.82, 2.24) is 19.9 Å². The molecule has 0 bridgehead atoms. The van der Waals surface area contributed by atoms with E-state index < -0.39 is 17.1 Å². The van der Waals surface area contributed by atoms with Crippen LogP contribution in [-0.2, 0) is 6.54 Å². The Morgan fingerprint density at radius 3 is 2.54 bits per heavy atom. The summed E-state index contributed by atoms with van der Waals surface area (Å²) in [5, 5.41) is 22.4. The molecule has 0 aliphatic rings. The summed E-state index contributed by atoms with van der Waals surface area (Å²) in [7, 11) is 0. The van der Waals surface area contributed by atoms with Crippen LogP contribution in [0.2, 0.25) is 0 Å². The highest BCUT2D eigenvalue weighted by atomic mass is 16.4. The summed E-state index contributed by atoms with van der Waals surface area (Å²) in [4.78, 5) is 38.0. The van der Waals surface area contributed by atoms with Crippen molar-refractivity contribution in [3.05, 3.63) is 70.3 Å². The molecule has 0 saturated carbocycles. The Morgan fingerprint density at radius 2 is 1.79 bits per heavy atom. The molecule has 28 heavy (non-hydrogen) atoms. The Bertz CT molecular complexity index is 1210. The summed E-state index contributed by atoms with van der Waals surface area (Å²) in [6.45, 7) is 0.226. The van der Waals surface area contributed by atoms with Crippen molar-refractivity contribution < 1.29 is 15.0 Å². The van der Waals surface area contributed by atoms with Gasteiger partial charge in [-0.1, -0.05) is 24.3 Å². The van der Waals surface area contributed by atoms with Crippen molar-refractivity contribution >= 4 is 23.0 Å². The van der Waals surface area contributed by atoms with E-state index in [1.54, 1.807) is 12.1 Å². The molecule has 0 amide bonds. The summed E-state index contributed by atoms with van der Waals surface area (Å²) in [6, 6.07) is 13.6. The molecule has 5 N–H and O–H groups in total. The van der Waals surface area contributed by atoms with Gasteiger partial charge in [0.05, 0.1) is 23.3 Å². The number of nitrogens with zero attached hydrogens (tertiary/aromatic N) is 2. The van der Waals surface area contributed by atoms with E-state index in [2.05, 4.69) is 25.3 Å². The van der Waals surface area contributed by atoms with Gasteiger partial charge in [0.15, 0.2) is 5.56 Å². The van der Waals surface area contributed by atoms with Crippen molar-refractivity contribution in [3.8, 4) is 17.0 Å². The Labute approximate surface area is 157 Å². The molecule has 2 aromatic carbocycles. The number of para-hydroxylation sites is 3. The number of carbonyl (C=O) groups is 1. The van der Waals surface area contributed by atoms with Gasteiger partial charge in [0.25, 0.3) is 5.56 Å². The molecule has 0 aliphatic heterocycles. The van der Waals surface area contributed by atoms with E-state index >= 15 is 0 Å². The van der Waals surface area contributed by atoms with Gasteiger partial charge in [0.2, 0.25) is 5.95 Å². The topological polar surface area (TPSA) is 144 Å². The van der Waals surface area contributed by atoms with Crippen molar-refractivity contribution in [2.45, 2.75) is 6.54 Å². The summed E-state index contributed by atoms with van der Waals surface area (Å²) >= 11 is 0. The Morgan fingerprint density at radius 1 is 1.04 bits per heavy atom. The number of phenolic OH excluding ortho intramolecular Hbond substituents is 1. The lowest BCUT2D eigenvalue weighted by molar-refractivity contribution is 0.0695. The van der Waals surface area contributed by atoms with Crippen LogP contribution in [0.15, 0.2) is 53.3 Å². The molecule has 0 radical (unpaired) electrons. The maximum Gasteiger partial charge on any atom is 0.343 e. The van der Waals surface area contributed by atoms with Crippen LogP contribution in [0.5, 0.6) is 5.75 Å². The predicted molar refractivity (Wildman–Crippen MR) is 102 cm³/mol. The van der Waals surface area contributed by atoms with E-state index in [4.69, 9.17) is 0 Å². The van der Waals surface area contributed by atoms with Gasteiger partial charge in [-0.2, -0.15) is 0 Å². The highest BCUT2D eigenvalue weighted by Gasteiger charge is 2.21. The van der Waals surface area contributed by atoms with Gasteiger partial charge in [0.1, 0.15) is 11.6 Å². The number of anilines is 1. The van der Waals surface area contributed by atoms with Crippen LogP contribution < -0.4 is 10.9 Å². The zero-order valence-corrected chi connectivity index (χ0v) is 14.4. The van der Waals surface area contributed by atoms with Gasteiger partial charge >= 0.3 is 5.97 Å². The number of rotatable bonds is 5. The molecule has 0 saturated heterocycles. The lowest BCUT2D eigenvalue weighted by atomic mass is 10.1. The van der Waals surface area contributed by atoms with Crippen molar-refractivity contribution in [2.75, 3.05) is 5.32 Å². The second-order valence-corrected chi connectivity index (χ2v) is 6.01. The molecule has 2 heterocycles. The molecular formula is C19H15N5O4. The molecule has 4 rings (SSSR count). The predicted octanol–water partition coefficient (Wildman–Crippen LogP) is 2.33. The van der Waals surface area contributed by atoms with Crippen LogP contribution in [0, 0.1) is 0 Å². The average molecular weight is 377 g/mol. The first-order valence-electron chi connectivity index (χ1n) is 8.36. The largest absolute Gasteiger partial charge is 0.507 e. The lowest BCUT2D eigenvalue weighted by Gasteiger charge is -2.10. The molecule has 0 aliphatic carbocycles. The fourth-order valence-electron chi connectivity index (χ4n) is 2.88. The molecule has 0 unspecified atom stereocenters. The molecule has 140 valence electrons. The Hall–Kier alpha value is -4.14. The van der Waals surface area contributed by atoms with Crippen LogP contribution in [0.1, 0.15) is 16.2 Å². The second kappa shape index (κ2) is 6.88. The third-order valence-electron chi connectivity index (χ3n) is 4.15. The maximum atomic E-state index is 12.3. The lowest BCUT2D eigenvalue weighted by Crippen LogP contribution is -2.22. The molecule has 0 fully saturated rings. The molecule has 9 nitrogen and oxygen atoms in total. The number of benzene rings is 2. The number of aromatic hydroxyl groups is 1.